The Labute approximate surface area is 169 Å². The molecule has 0 radical (unpaired) electrons. The van der Waals surface area contributed by atoms with Gasteiger partial charge in [-0.1, -0.05) is 18.2 Å². The Morgan fingerprint density at radius 1 is 1.10 bits per heavy atom. The van der Waals surface area contributed by atoms with Crippen molar-refractivity contribution in [2.45, 2.75) is 33.2 Å². The van der Waals surface area contributed by atoms with E-state index in [2.05, 4.69) is 5.32 Å². The average molecular weight is 396 g/mol. The lowest BCUT2D eigenvalue weighted by molar-refractivity contribution is -0.384. The summed E-state index contributed by atoms with van der Waals surface area (Å²) in [6.45, 7) is 7.26. The van der Waals surface area contributed by atoms with Crippen LogP contribution >= 0.6 is 0 Å². The minimum atomic E-state index is -0.677. The number of hydrogen-bond donors (Lipinski definition) is 2. The summed E-state index contributed by atoms with van der Waals surface area (Å²) in [6.07, 6.45) is 1.41. The molecular formula is C22H24N2O5. The van der Waals surface area contributed by atoms with Crippen LogP contribution in [-0.2, 0) is 4.79 Å². The predicted octanol–water partition coefficient (Wildman–Crippen LogP) is 4.76. The van der Waals surface area contributed by atoms with Gasteiger partial charge in [0.2, 0.25) is 0 Å². The molecule has 0 aliphatic carbocycles. The molecule has 7 heteroatoms. The quantitative estimate of drug-likeness (QED) is 0.139. The van der Waals surface area contributed by atoms with Gasteiger partial charge in [0.15, 0.2) is 0 Å². The predicted molar refractivity (Wildman–Crippen MR) is 111 cm³/mol. The lowest BCUT2D eigenvalue weighted by atomic mass is 10.0. The van der Waals surface area contributed by atoms with Crippen LogP contribution in [0.15, 0.2) is 72.0 Å². The minimum absolute atomic E-state index is 0.0315. The Bertz CT molecular complexity index is 939. The zero-order valence-electron chi connectivity index (χ0n) is 16.8. The van der Waals surface area contributed by atoms with Gasteiger partial charge in [-0.25, -0.2) is 4.79 Å². The van der Waals surface area contributed by atoms with Crippen LogP contribution in [0.5, 0.6) is 5.75 Å². The van der Waals surface area contributed by atoms with Crippen molar-refractivity contribution in [3.63, 3.8) is 0 Å². The molecule has 0 fully saturated rings. The number of ether oxygens (including phenoxy) is 1. The van der Waals surface area contributed by atoms with E-state index in [1.165, 1.54) is 25.1 Å². The zero-order chi connectivity index (χ0) is 21.6. The zero-order valence-corrected chi connectivity index (χ0v) is 16.8. The van der Waals surface area contributed by atoms with Crippen LogP contribution < -0.4 is 10.1 Å². The Hall–Kier alpha value is -3.61. The van der Waals surface area contributed by atoms with Gasteiger partial charge in [0.1, 0.15) is 11.5 Å². The number of aliphatic hydroxyl groups excluding tert-OH is 1. The van der Waals surface area contributed by atoms with Crippen LogP contribution in [0.3, 0.4) is 0 Å². The van der Waals surface area contributed by atoms with Gasteiger partial charge < -0.3 is 15.2 Å². The van der Waals surface area contributed by atoms with E-state index < -0.39 is 10.9 Å². The summed E-state index contributed by atoms with van der Waals surface area (Å²) in [6, 6.07) is 14.5. The SMILES string of the molecule is C/C(C(=O)Oc1ccccc1)=C(O)\C=C(/NC(C)(C)C)c1ccc([N+](=O)[O-])cc1. The molecule has 0 saturated heterocycles. The van der Waals surface area contributed by atoms with Crippen LogP contribution in [0.1, 0.15) is 33.3 Å². The van der Waals surface area contributed by atoms with Gasteiger partial charge >= 0.3 is 5.97 Å². The summed E-state index contributed by atoms with van der Waals surface area (Å²) in [5.74, 6) is -0.572. The fraction of sp³-hybridized carbons (Fsp3) is 0.227. The summed E-state index contributed by atoms with van der Waals surface area (Å²) in [7, 11) is 0. The number of benzene rings is 2. The van der Waals surface area contributed by atoms with E-state index in [0.717, 1.165) is 0 Å². The highest BCUT2D eigenvalue weighted by molar-refractivity contribution is 5.91. The summed E-state index contributed by atoms with van der Waals surface area (Å²) < 4.78 is 5.25. The first kappa shape index (κ1) is 21.7. The summed E-state index contributed by atoms with van der Waals surface area (Å²) in [5, 5.41) is 24.6. The van der Waals surface area contributed by atoms with Crippen molar-refractivity contribution in [2.24, 2.45) is 0 Å². The van der Waals surface area contributed by atoms with Gasteiger partial charge in [0.25, 0.3) is 5.69 Å². The fourth-order valence-corrected chi connectivity index (χ4v) is 2.38. The lowest BCUT2D eigenvalue weighted by Crippen LogP contribution is -2.34. The normalized spacial score (nSPS) is 12.8. The van der Waals surface area contributed by atoms with Crippen molar-refractivity contribution >= 4 is 17.4 Å². The van der Waals surface area contributed by atoms with Gasteiger partial charge in [-0.3, -0.25) is 10.1 Å². The largest absolute Gasteiger partial charge is 0.507 e. The second kappa shape index (κ2) is 9.05. The molecule has 0 unspecified atom stereocenters. The Morgan fingerprint density at radius 3 is 2.21 bits per heavy atom. The van der Waals surface area contributed by atoms with E-state index in [9.17, 15) is 20.0 Å². The number of nitro groups is 1. The molecule has 0 bridgehead atoms. The van der Waals surface area contributed by atoms with E-state index >= 15 is 0 Å². The molecule has 29 heavy (non-hydrogen) atoms. The molecule has 0 amide bonds. The van der Waals surface area contributed by atoms with Crippen molar-refractivity contribution in [2.75, 3.05) is 0 Å². The van der Waals surface area contributed by atoms with Crippen LogP contribution in [0.4, 0.5) is 5.69 Å². The van der Waals surface area contributed by atoms with Crippen LogP contribution in [0, 0.1) is 10.1 Å². The maximum Gasteiger partial charge on any atom is 0.342 e. The van der Waals surface area contributed by atoms with Gasteiger partial charge in [-0.15, -0.1) is 0 Å². The Balaban J connectivity index is 2.36. The highest BCUT2D eigenvalue weighted by Gasteiger charge is 2.17. The number of rotatable bonds is 6. The molecule has 2 rings (SSSR count). The van der Waals surface area contributed by atoms with Crippen molar-refractivity contribution in [3.05, 3.63) is 87.7 Å². The molecule has 0 aliphatic rings. The molecule has 0 heterocycles. The number of non-ortho nitro benzene ring substituents is 1. The molecule has 152 valence electrons. The maximum absolute atomic E-state index is 12.3. The number of carbonyl (C=O) groups excluding carboxylic acids is 1. The van der Waals surface area contributed by atoms with Gasteiger partial charge in [0, 0.05) is 29.4 Å². The number of allylic oxidation sites excluding steroid dienone is 1. The first-order valence-electron chi connectivity index (χ1n) is 8.98. The van der Waals surface area contributed by atoms with E-state index in [4.69, 9.17) is 4.74 Å². The van der Waals surface area contributed by atoms with E-state index in [0.29, 0.717) is 17.0 Å². The maximum atomic E-state index is 12.3. The van der Waals surface area contributed by atoms with E-state index in [1.54, 1.807) is 42.5 Å². The topological polar surface area (TPSA) is 102 Å². The van der Waals surface area contributed by atoms with E-state index in [1.807, 2.05) is 20.8 Å². The highest BCUT2D eigenvalue weighted by atomic mass is 16.6. The molecule has 2 aromatic rings. The highest BCUT2D eigenvalue weighted by Crippen LogP contribution is 2.22. The molecule has 0 aromatic heterocycles. The summed E-state index contributed by atoms with van der Waals surface area (Å²) in [4.78, 5) is 22.7. The third-order valence-corrected chi connectivity index (χ3v) is 3.82. The number of nitro benzene ring substituents is 1. The summed E-state index contributed by atoms with van der Waals surface area (Å²) in [5.41, 5.74) is 0.778. The first-order chi connectivity index (χ1) is 13.6. The Kier molecular flexibility index (Phi) is 6.77. The standard InChI is InChI=1S/C22H24N2O5/c1-15(21(26)29-18-8-6-5-7-9-18)20(25)14-19(23-22(2,3)4)16-10-12-17(13-11-16)24(27)28/h5-14,23,25H,1-4H3/b19-14-,20-15-. The molecule has 2 N–H and O–H groups in total. The second-order valence-corrected chi connectivity index (χ2v) is 7.45. The number of esters is 1. The smallest absolute Gasteiger partial charge is 0.342 e. The molecule has 0 saturated carbocycles. The minimum Gasteiger partial charge on any atom is -0.507 e. The van der Waals surface area contributed by atoms with Crippen LogP contribution in [0.2, 0.25) is 0 Å². The van der Waals surface area contributed by atoms with Gasteiger partial charge in [0.05, 0.1) is 10.5 Å². The van der Waals surface area contributed by atoms with Gasteiger partial charge in [-0.05, 0) is 57.5 Å². The van der Waals surface area contributed by atoms with Crippen molar-refractivity contribution in [1.29, 1.82) is 0 Å². The lowest BCUT2D eigenvalue weighted by Gasteiger charge is -2.24. The molecule has 7 nitrogen and oxygen atoms in total. The van der Waals surface area contributed by atoms with E-state index in [-0.39, 0.29) is 22.6 Å². The third-order valence-electron chi connectivity index (χ3n) is 3.82. The first-order valence-corrected chi connectivity index (χ1v) is 8.98. The Morgan fingerprint density at radius 2 is 1.69 bits per heavy atom. The van der Waals surface area contributed by atoms with Crippen molar-refractivity contribution < 1.29 is 19.6 Å². The number of aliphatic hydroxyl groups is 1. The molecular weight excluding hydrogens is 372 g/mol. The number of hydrogen-bond acceptors (Lipinski definition) is 6. The van der Waals surface area contributed by atoms with Crippen LogP contribution in [-0.4, -0.2) is 21.5 Å². The molecule has 0 atom stereocenters. The molecule has 2 aromatic carbocycles. The van der Waals surface area contributed by atoms with Crippen molar-refractivity contribution in [1.82, 2.24) is 5.32 Å². The monoisotopic (exact) mass is 396 g/mol. The average Bonchev–Trinajstić information content (AvgIpc) is 2.66. The third kappa shape index (κ3) is 6.49. The van der Waals surface area contributed by atoms with Crippen molar-refractivity contribution in [3.8, 4) is 5.75 Å². The fourth-order valence-electron chi connectivity index (χ4n) is 2.38. The number of nitrogens with one attached hydrogen (secondary N) is 1. The van der Waals surface area contributed by atoms with Gasteiger partial charge in [-0.2, -0.15) is 0 Å². The van der Waals surface area contributed by atoms with Crippen LogP contribution in [0.25, 0.3) is 5.70 Å². The summed E-state index contributed by atoms with van der Waals surface area (Å²) >= 11 is 0. The number of para-hydroxylation sites is 1. The molecule has 0 spiro atoms. The second-order valence-electron chi connectivity index (χ2n) is 7.45. The number of carbonyl (C=O) groups is 1. The molecule has 0 aliphatic heterocycles. The number of nitrogens with zero attached hydrogens (tertiary/aromatic N) is 1.